The summed E-state index contributed by atoms with van der Waals surface area (Å²) in [5, 5.41) is 5.39. The summed E-state index contributed by atoms with van der Waals surface area (Å²) < 4.78 is 1.91. The van der Waals surface area contributed by atoms with Crippen LogP contribution in [0.2, 0.25) is 0 Å². The van der Waals surface area contributed by atoms with Gasteiger partial charge in [-0.2, -0.15) is 5.10 Å². The topological polar surface area (TPSA) is 54.3 Å². The van der Waals surface area contributed by atoms with E-state index in [-0.39, 0.29) is 11.9 Å². The summed E-state index contributed by atoms with van der Waals surface area (Å²) in [7, 11) is 0. The van der Waals surface area contributed by atoms with Crippen LogP contribution in [-0.4, -0.2) is 51.8 Å². The van der Waals surface area contributed by atoms with Crippen molar-refractivity contribution in [2.45, 2.75) is 33.7 Å². The number of carbonyl (C=O) groups is 1. The van der Waals surface area contributed by atoms with Crippen molar-refractivity contribution in [1.29, 1.82) is 0 Å². The minimum Gasteiger partial charge on any atom is -0.368 e. The summed E-state index contributed by atoms with van der Waals surface area (Å²) in [6.45, 7) is 11.4. The maximum Gasteiger partial charge on any atom is 0.254 e. The molecule has 2 aromatic heterocycles. The Morgan fingerprint density at radius 2 is 1.71 bits per heavy atom. The highest BCUT2D eigenvalue weighted by atomic mass is 16.2. The van der Waals surface area contributed by atoms with Crippen LogP contribution >= 0.6 is 0 Å². The van der Waals surface area contributed by atoms with E-state index in [4.69, 9.17) is 4.98 Å². The molecule has 5 rings (SSSR count). The fraction of sp³-hybridized carbons (Fsp3) is 0.321. The molecule has 0 radical (unpaired) electrons. The fourth-order valence-corrected chi connectivity index (χ4v) is 4.73. The van der Waals surface area contributed by atoms with E-state index in [2.05, 4.69) is 74.1 Å². The summed E-state index contributed by atoms with van der Waals surface area (Å²) in [4.78, 5) is 23.1. The molecule has 6 heteroatoms. The molecule has 1 aliphatic heterocycles. The van der Waals surface area contributed by atoms with Gasteiger partial charge in [-0.25, -0.2) is 9.67 Å². The van der Waals surface area contributed by atoms with Crippen molar-refractivity contribution in [3.63, 3.8) is 0 Å². The van der Waals surface area contributed by atoms with Gasteiger partial charge in [0.1, 0.15) is 0 Å². The number of fused-ring (bicyclic) bond motifs is 1. The zero-order valence-corrected chi connectivity index (χ0v) is 20.3. The van der Waals surface area contributed by atoms with Gasteiger partial charge in [-0.05, 0) is 57.0 Å². The molecule has 1 fully saturated rings. The summed E-state index contributed by atoms with van der Waals surface area (Å²) in [5.41, 5.74) is 6.90. The smallest absolute Gasteiger partial charge is 0.254 e. The molecule has 6 nitrogen and oxygen atoms in total. The molecule has 174 valence electrons. The van der Waals surface area contributed by atoms with Crippen molar-refractivity contribution in [2.75, 3.05) is 31.1 Å². The van der Waals surface area contributed by atoms with Crippen LogP contribution in [-0.2, 0) is 0 Å². The molecule has 0 saturated carbocycles. The molecule has 0 aliphatic carbocycles. The quantitative estimate of drug-likeness (QED) is 0.423. The van der Waals surface area contributed by atoms with Gasteiger partial charge in [0.05, 0.1) is 22.8 Å². The van der Waals surface area contributed by atoms with E-state index < -0.39 is 0 Å². The average molecular weight is 454 g/mol. The van der Waals surface area contributed by atoms with Crippen molar-refractivity contribution < 1.29 is 4.79 Å². The first kappa shape index (κ1) is 22.1. The first-order valence-corrected chi connectivity index (χ1v) is 12.0. The maximum absolute atomic E-state index is 13.8. The van der Waals surface area contributed by atoms with E-state index >= 15 is 0 Å². The molecular weight excluding hydrogens is 422 g/mol. The zero-order chi connectivity index (χ0) is 23.8. The summed E-state index contributed by atoms with van der Waals surface area (Å²) >= 11 is 0. The molecule has 0 atom stereocenters. The molecule has 0 spiro atoms. The SMILES string of the molecule is Cc1cccc(N2CCN(C(=O)c3cc(-c4ccccc4C)nc4c3cnn4C(C)C)CC2)c1. The van der Waals surface area contributed by atoms with E-state index in [1.807, 2.05) is 27.8 Å². The molecule has 2 aromatic carbocycles. The van der Waals surface area contributed by atoms with Crippen LogP contribution in [0.4, 0.5) is 5.69 Å². The minimum absolute atomic E-state index is 0.0504. The molecule has 3 heterocycles. The van der Waals surface area contributed by atoms with Crippen LogP contribution < -0.4 is 4.90 Å². The van der Waals surface area contributed by atoms with Gasteiger partial charge < -0.3 is 9.80 Å². The van der Waals surface area contributed by atoms with Gasteiger partial charge in [0.25, 0.3) is 5.91 Å². The summed E-state index contributed by atoms with van der Waals surface area (Å²) in [6, 6.07) is 18.8. The predicted octanol–water partition coefficient (Wildman–Crippen LogP) is 5.26. The number of pyridine rings is 1. The van der Waals surface area contributed by atoms with Crippen LogP contribution in [0.3, 0.4) is 0 Å². The fourth-order valence-electron chi connectivity index (χ4n) is 4.73. The number of nitrogens with zero attached hydrogens (tertiary/aromatic N) is 5. The van der Waals surface area contributed by atoms with Crippen LogP contribution in [0, 0.1) is 13.8 Å². The Kier molecular flexibility index (Phi) is 5.82. The van der Waals surface area contributed by atoms with Gasteiger partial charge >= 0.3 is 0 Å². The van der Waals surface area contributed by atoms with Crippen molar-refractivity contribution in [2.24, 2.45) is 0 Å². The first-order valence-electron chi connectivity index (χ1n) is 12.0. The number of carbonyl (C=O) groups excluding carboxylic acids is 1. The number of anilines is 1. The summed E-state index contributed by atoms with van der Waals surface area (Å²) in [6.07, 6.45) is 1.79. The van der Waals surface area contributed by atoms with Crippen molar-refractivity contribution >= 4 is 22.6 Å². The number of hydrogen-bond acceptors (Lipinski definition) is 4. The molecule has 4 aromatic rings. The van der Waals surface area contributed by atoms with Gasteiger partial charge in [0.2, 0.25) is 0 Å². The third-order valence-corrected chi connectivity index (χ3v) is 6.64. The van der Waals surface area contributed by atoms with Crippen LogP contribution in [0.1, 0.15) is 41.4 Å². The molecular formula is C28H31N5O. The molecule has 1 aliphatic rings. The highest BCUT2D eigenvalue weighted by molar-refractivity contribution is 6.06. The Labute approximate surface area is 200 Å². The highest BCUT2D eigenvalue weighted by Crippen LogP contribution is 2.29. The lowest BCUT2D eigenvalue weighted by atomic mass is 10.0. The second-order valence-electron chi connectivity index (χ2n) is 9.41. The van der Waals surface area contributed by atoms with E-state index in [0.717, 1.165) is 40.9 Å². The third-order valence-electron chi connectivity index (χ3n) is 6.64. The maximum atomic E-state index is 13.8. The predicted molar refractivity (Wildman–Crippen MR) is 137 cm³/mol. The van der Waals surface area contributed by atoms with Gasteiger partial charge in [-0.1, -0.05) is 36.4 Å². The number of piperazine rings is 1. The largest absolute Gasteiger partial charge is 0.368 e. The Bertz CT molecular complexity index is 1350. The number of hydrogen-bond donors (Lipinski definition) is 0. The second kappa shape index (κ2) is 8.93. The van der Waals surface area contributed by atoms with Crippen LogP contribution in [0.15, 0.2) is 60.8 Å². The van der Waals surface area contributed by atoms with E-state index in [1.54, 1.807) is 6.20 Å². The lowest BCUT2D eigenvalue weighted by Gasteiger charge is -2.36. The number of benzene rings is 2. The Balaban J connectivity index is 1.49. The van der Waals surface area contributed by atoms with Crippen LogP contribution in [0.5, 0.6) is 0 Å². The third kappa shape index (κ3) is 4.04. The zero-order valence-electron chi connectivity index (χ0n) is 20.3. The van der Waals surface area contributed by atoms with E-state index in [0.29, 0.717) is 18.7 Å². The number of amides is 1. The van der Waals surface area contributed by atoms with Crippen molar-refractivity contribution in [3.05, 3.63) is 77.5 Å². The van der Waals surface area contributed by atoms with Crippen molar-refractivity contribution in [3.8, 4) is 11.3 Å². The van der Waals surface area contributed by atoms with Gasteiger partial charge in [0.15, 0.2) is 5.65 Å². The number of aromatic nitrogens is 3. The molecule has 0 unspecified atom stereocenters. The normalized spacial score (nSPS) is 14.3. The van der Waals surface area contributed by atoms with Gasteiger partial charge in [-0.3, -0.25) is 4.79 Å². The number of rotatable bonds is 4. The Morgan fingerprint density at radius 1 is 0.941 bits per heavy atom. The molecule has 34 heavy (non-hydrogen) atoms. The lowest BCUT2D eigenvalue weighted by Crippen LogP contribution is -2.48. The summed E-state index contributed by atoms with van der Waals surface area (Å²) in [5.74, 6) is 0.0504. The number of aryl methyl sites for hydroxylation is 2. The molecule has 1 amide bonds. The Morgan fingerprint density at radius 3 is 2.41 bits per heavy atom. The molecule has 0 bridgehead atoms. The highest BCUT2D eigenvalue weighted by Gasteiger charge is 2.26. The molecule has 1 saturated heterocycles. The molecule has 0 N–H and O–H groups in total. The van der Waals surface area contributed by atoms with Gasteiger partial charge in [-0.15, -0.1) is 0 Å². The van der Waals surface area contributed by atoms with Crippen molar-refractivity contribution in [1.82, 2.24) is 19.7 Å². The van der Waals surface area contributed by atoms with E-state index in [1.165, 1.54) is 11.3 Å². The Hall–Kier alpha value is -3.67. The second-order valence-corrected chi connectivity index (χ2v) is 9.41. The lowest BCUT2D eigenvalue weighted by molar-refractivity contribution is 0.0748. The van der Waals surface area contributed by atoms with Crippen LogP contribution in [0.25, 0.3) is 22.3 Å². The average Bonchev–Trinajstić information content (AvgIpc) is 3.28. The standard InChI is InChI=1S/C28H31N5O/c1-19(2)33-27-25(18-29-33)24(17-26(30-27)23-11-6-5-9-21(23)4)28(34)32-14-12-31(13-15-32)22-10-7-8-20(3)16-22/h5-11,16-19H,12-15H2,1-4H3. The van der Waals surface area contributed by atoms with E-state index in [9.17, 15) is 4.79 Å². The monoisotopic (exact) mass is 453 g/mol. The minimum atomic E-state index is 0.0504. The van der Waals surface area contributed by atoms with Gasteiger partial charge in [0, 0.05) is 43.5 Å². The first-order chi connectivity index (χ1) is 16.4.